The van der Waals surface area contributed by atoms with Gasteiger partial charge in [0.25, 0.3) is 0 Å². The highest BCUT2D eigenvalue weighted by Gasteiger charge is 2.28. The van der Waals surface area contributed by atoms with Gasteiger partial charge in [-0.3, -0.25) is 0 Å². The molecule has 2 heterocycles. The molecule has 4 rings (SSSR count). The van der Waals surface area contributed by atoms with Gasteiger partial charge in [0.1, 0.15) is 0 Å². The molecule has 1 fully saturated rings. The summed E-state index contributed by atoms with van der Waals surface area (Å²) >= 11 is 6.25. The largest absolute Gasteiger partial charge is 0.371 e. The number of rotatable bonds is 5. The lowest BCUT2D eigenvalue weighted by atomic mass is 9.93. The summed E-state index contributed by atoms with van der Waals surface area (Å²) in [6, 6.07) is 14.3. The van der Waals surface area contributed by atoms with E-state index < -0.39 is 10.0 Å². The number of halogens is 1. The fourth-order valence-corrected chi connectivity index (χ4v) is 4.39. The molecule has 2 aromatic carbocycles. The van der Waals surface area contributed by atoms with Crippen molar-refractivity contribution in [2.45, 2.75) is 18.2 Å². The number of nitrogen functional groups attached to an aromatic ring is 1. The Balaban J connectivity index is 1.45. The Hall–Kier alpha value is -2.68. The molecule has 3 aromatic rings. The Morgan fingerprint density at radius 3 is 2.50 bits per heavy atom. The van der Waals surface area contributed by atoms with Gasteiger partial charge in [-0.2, -0.15) is 0 Å². The molecule has 0 aliphatic carbocycles. The van der Waals surface area contributed by atoms with E-state index in [9.17, 15) is 8.42 Å². The molecule has 0 bridgehead atoms. The normalized spacial score (nSPS) is 14.6. The third kappa shape index (κ3) is 4.26. The molecule has 0 radical (unpaired) electrons. The fraction of sp³-hybridized carbons (Fsp3) is 0.238. The maximum absolute atomic E-state index is 11.4. The number of nitrogens with two attached hydrogens (primary N) is 2. The quantitative estimate of drug-likeness (QED) is 0.626. The van der Waals surface area contributed by atoms with Gasteiger partial charge < -0.3 is 10.6 Å². The van der Waals surface area contributed by atoms with Crippen LogP contribution in [-0.2, 0) is 16.4 Å². The summed E-state index contributed by atoms with van der Waals surface area (Å²) < 4.78 is 22.8. The van der Waals surface area contributed by atoms with Crippen molar-refractivity contribution in [3.05, 3.63) is 64.8 Å². The van der Waals surface area contributed by atoms with Crippen molar-refractivity contribution in [2.24, 2.45) is 11.1 Å². The molecule has 9 heteroatoms. The highest BCUT2D eigenvalue weighted by molar-refractivity contribution is 7.89. The first-order chi connectivity index (χ1) is 14.2. The van der Waals surface area contributed by atoms with Crippen LogP contribution in [0.25, 0.3) is 11.3 Å². The molecule has 30 heavy (non-hydrogen) atoms. The van der Waals surface area contributed by atoms with E-state index in [1.807, 2.05) is 31.2 Å². The first-order valence-electron chi connectivity index (χ1n) is 9.47. The number of primary sulfonamides is 1. The standard InChI is InChI=1S/C21H22ClN5O2S/c1-13-18(3-2-4-19(13)22)20-10-15(25-21(23)26-20)9-14-11-27(12-14)16-5-7-17(8-6-16)30(24,28)29/h2-8,10,14H,9,11-12H2,1H3,(H2,23,25,26)(H2,24,28,29). The monoisotopic (exact) mass is 443 g/mol. The minimum Gasteiger partial charge on any atom is -0.371 e. The van der Waals surface area contributed by atoms with Crippen LogP contribution in [-0.4, -0.2) is 31.5 Å². The summed E-state index contributed by atoms with van der Waals surface area (Å²) in [6.45, 7) is 3.66. The first-order valence-corrected chi connectivity index (χ1v) is 11.4. The second kappa shape index (κ2) is 7.86. The lowest BCUT2D eigenvalue weighted by molar-refractivity contribution is 0.405. The molecule has 0 unspecified atom stereocenters. The molecule has 4 N–H and O–H groups in total. The summed E-state index contributed by atoms with van der Waals surface area (Å²) in [6.07, 6.45) is 0.783. The van der Waals surface area contributed by atoms with Gasteiger partial charge in [0.15, 0.2) is 0 Å². The fourth-order valence-electron chi connectivity index (χ4n) is 3.70. The summed E-state index contributed by atoms with van der Waals surface area (Å²) in [4.78, 5) is 11.1. The summed E-state index contributed by atoms with van der Waals surface area (Å²) in [7, 11) is -3.68. The van der Waals surface area contributed by atoms with Crippen LogP contribution >= 0.6 is 11.6 Å². The zero-order valence-electron chi connectivity index (χ0n) is 16.4. The number of benzene rings is 2. The van der Waals surface area contributed by atoms with Crippen molar-refractivity contribution < 1.29 is 8.42 Å². The molecule has 1 saturated heterocycles. The van der Waals surface area contributed by atoms with Gasteiger partial charge >= 0.3 is 0 Å². The van der Waals surface area contributed by atoms with Crippen LogP contribution in [0.4, 0.5) is 11.6 Å². The zero-order valence-corrected chi connectivity index (χ0v) is 18.0. The summed E-state index contributed by atoms with van der Waals surface area (Å²) in [5.74, 6) is 0.669. The van der Waals surface area contributed by atoms with Gasteiger partial charge in [-0.1, -0.05) is 23.7 Å². The summed E-state index contributed by atoms with van der Waals surface area (Å²) in [5, 5.41) is 5.84. The minimum atomic E-state index is -3.68. The lowest BCUT2D eigenvalue weighted by Crippen LogP contribution is -2.47. The number of nitrogens with zero attached hydrogens (tertiary/aromatic N) is 3. The van der Waals surface area contributed by atoms with E-state index >= 15 is 0 Å². The van der Waals surface area contributed by atoms with Crippen LogP contribution in [0, 0.1) is 12.8 Å². The van der Waals surface area contributed by atoms with Crippen LogP contribution in [0.5, 0.6) is 0 Å². The van der Waals surface area contributed by atoms with E-state index in [-0.39, 0.29) is 10.8 Å². The van der Waals surface area contributed by atoms with Crippen molar-refractivity contribution in [1.82, 2.24) is 9.97 Å². The number of anilines is 2. The Morgan fingerprint density at radius 1 is 1.13 bits per heavy atom. The Morgan fingerprint density at radius 2 is 1.83 bits per heavy atom. The number of hydrogen-bond acceptors (Lipinski definition) is 6. The van der Waals surface area contributed by atoms with E-state index in [1.165, 1.54) is 12.1 Å². The molecule has 156 valence electrons. The maximum Gasteiger partial charge on any atom is 0.238 e. The van der Waals surface area contributed by atoms with Gasteiger partial charge in [-0.05, 0) is 61.2 Å². The predicted octanol–water partition coefficient (Wildman–Crippen LogP) is 3.01. The average molecular weight is 444 g/mol. The van der Waals surface area contributed by atoms with Crippen LogP contribution in [0.2, 0.25) is 5.02 Å². The molecule has 0 atom stereocenters. The van der Waals surface area contributed by atoms with Gasteiger partial charge in [0.05, 0.1) is 10.6 Å². The molecular weight excluding hydrogens is 422 g/mol. The van der Waals surface area contributed by atoms with Crippen LogP contribution in [0.1, 0.15) is 11.3 Å². The highest BCUT2D eigenvalue weighted by atomic mass is 35.5. The van der Waals surface area contributed by atoms with Gasteiger partial charge in [-0.15, -0.1) is 0 Å². The Kier molecular flexibility index (Phi) is 5.40. The number of sulfonamides is 1. The third-order valence-corrected chi connectivity index (χ3v) is 6.66. The predicted molar refractivity (Wildman–Crippen MR) is 119 cm³/mol. The van der Waals surface area contributed by atoms with Crippen molar-refractivity contribution in [3.63, 3.8) is 0 Å². The number of hydrogen-bond donors (Lipinski definition) is 2. The molecule has 0 amide bonds. The molecule has 1 aromatic heterocycles. The van der Waals surface area contributed by atoms with Crippen molar-refractivity contribution in [1.29, 1.82) is 0 Å². The molecule has 0 saturated carbocycles. The van der Waals surface area contributed by atoms with Crippen LogP contribution in [0.15, 0.2) is 53.4 Å². The van der Waals surface area contributed by atoms with Crippen LogP contribution < -0.4 is 15.8 Å². The maximum atomic E-state index is 11.4. The van der Waals surface area contributed by atoms with Crippen molar-refractivity contribution >= 4 is 33.3 Å². The van der Waals surface area contributed by atoms with Gasteiger partial charge in [0, 0.05) is 35.1 Å². The van der Waals surface area contributed by atoms with E-state index in [2.05, 4.69) is 14.9 Å². The summed E-state index contributed by atoms with van der Waals surface area (Å²) in [5.41, 5.74) is 10.5. The van der Waals surface area contributed by atoms with E-state index in [1.54, 1.807) is 12.1 Å². The Labute approximate surface area is 180 Å². The molecule has 1 aliphatic rings. The SMILES string of the molecule is Cc1c(Cl)cccc1-c1cc(CC2CN(c3ccc(S(N)(=O)=O)cc3)C2)nc(N)n1. The van der Waals surface area contributed by atoms with Crippen LogP contribution in [0.3, 0.4) is 0 Å². The average Bonchev–Trinajstić information content (AvgIpc) is 2.65. The second-order valence-electron chi connectivity index (χ2n) is 7.53. The molecule has 7 nitrogen and oxygen atoms in total. The third-order valence-electron chi connectivity index (χ3n) is 5.33. The van der Waals surface area contributed by atoms with E-state index in [4.69, 9.17) is 22.5 Å². The van der Waals surface area contributed by atoms with Gasteiger partial charge in [-0.25, -0.2) is 23.5 Å². The molecule has 1 aliphatic heterocycles. The smallest absolute Gasteiger partial charge is 0.238 e. The van der Waals surface area contributed by atoms with E-state index in [0.717, 1.165) is 47.7 Å². The topological polar surface area (TPSA) is 115 Å². The first kappa shape index (κ1) is 20.6. The van der Waals surface area contributed by atoms with Crippen molar-refractivity contribution in [3.8, 4) is 11.3 Å². The minimum absolute atomic E-state index is 0.114. The zero-order chi connectivity index (χ0) is 21.5. The van der Waals surface area contributed by atoms with E-state index in [0.29, 0.717) is 10.9 Å². The molecular formula is C21H22ClN5O2S. The Bertz CT molecular complexity index is 1190. The van der Waals surface area contributed by atoms with Gasteiger partial charge in [0.2, 0.25) is 16.0 Å². The highest BCUT2D eigenvalue weighted by Crippen LogP contribution is 2.30. The molecule has 0 spiro atoms. The number of aromatic nitrogens is 2. The second-order valence-corrected chi connectivity index (χ2v) is 9.50. The lowest BCUT2D eigenvalue weighted by Gasteiger charge is -2.41. The van der Waals surface area contributed by atoms with Crippen molar-refractivity contribution in [2.75, 3.05) is 23.7 Å².